The maximum atomic E-state index is 12.8. The summed E-state index contributed by atoms with van der Waals surface area (Å²) < 4.78 is 0. The van der Waals surface area contributed by atoms with Crippen molar-refractivity contribution in [3.63, 3.8) is 0 Å². The Labute approximate surface area is 156 Å². The molecule has 3 aromatic rings. The molecule has 0 aliphatic heterocycles. The van der Waals surface area contributed by atoms with Gasteiger partial charge in [-0.1, -0.05) is 79.6 Å². The van der Waals surface area contributed by atoms with Gasteiger partial charge in [0.05, 0.1) is 0 Å². The zero-order valence-electron chi connectivity index (χ0n) is 16.1. The molecule has 0 bridgehead atoms. The van der Waals surface area contributed by atoms with Gasteiger partial charge in [-0.15, -0.1) is 0 Å². The van der Waals surface area contributed by atoms with Crippen LogP contribution in [0.4, 0.5) is 0 Å². The van der Waals surface area contributed by atoms with Gasteiger partial charge in [-0.05, 0) is 55.0 Å². The van der Waals surface area contributed by atoms with E-state index in [9.17, 15) is 4.79 Å². The molecule has 0 spiro atoms. The van der Waals surface area contributed by atoms with E-state index in [0.717, 1.165) is 29.5 Å². The molecule has 0 atom stereocenters. The topological polar surface area (TPSA) is 17.1 Å². The number of carbonyl (C=O) groups excluding carboxylic acids is 1. The predicted molar refractivity (Wildman–Crippen MR) is 110 cm³/mol. The fourth-order valence-electron chi connectivity index (χ4n) is 3.44. The van der Waals surface area contributed by atoms with Gasteiger partial charge in [-0.3, -0.25) is 4.79 Å². The fourth-order valence-corrected chi connectivity index (χ4v) is 3.44. The molecule has 0 aliphatic carbocycles. The third-order valence-electron chi connectivity index (χ3n) is 4.99. The fraction of sp³-hybridized carbons (Fsp3) is 0.240. The van der Waals surface area contributed by atoms with Crippen molar-refractivity contribution >= 4 is 5.78 Å². The van der Waals surface area contributed by atoms with Crippen LogP contribution >= 0.6 is 0 Å². The predicted octanol–water partition coefficient (Wildman–Crippen LogP) is 6.33. The quantitative estimate of drug-likeness (QED) is 0.495. The van der Waals surface area contributed by atoms with Crippen molar-refractivity contribution in [1.29, 1.82) is 0 Å². The first-order valence-corrected chi connectivity index (χ1v) is 9.37. The van der Waals surface area contributed by atoms with Gasteiger partial charge >= 0.3 is 0 Å². The maximum Gasteiger partial charge on any atom is 0.193 e. The number of carbonyl (C=O) groups is 1. The summed E-state index contributed by atoms with van der Waals surface area (Å²) in [6.45, 7) is 8.51. The zero-order chi connectivity index (χ0) is 18.7. The summed E-state index contributed by atoms with van der Waals surface area (Å²) in [5.41, 5.74) is 9.06. The van der Waals surface area contributed by atoms with Crippen LogP contribution in [0.3, 0.4) is 0 Å². The molecule has 0 fully saturated rings. The van der Waals surface area contributed by atoms with E-state index in [1.807, 2.05) is 37.3 Å². The monoisotopic (exact) mass is 342 g/mol. The normalized spacial score (nSPS) is 10.8. The molecule has 132 valence electrons. The van der Waals surface area contributed by atoms with Crippen LogP contribution in [0.2, 0.25) is 0 Å². The van der Waals surface area contributed by atoms with Crippen molar-refractivity contribution in [1.82, 2.24) is 0 Å². The Morgan fingerprint density at radius 2 is 1.15 bits per heavy atom. The van der Waals surface area contributed by atoms with E-state index in [0.29, 0.717) is 0 Å². The van der Waals surface area contributed by atoms with Gasteiger partial charge in [-0.25, -0.2) is 0 Å². The second-order valence-corrected chi connectivity index (χ2v) is 6.93. The number of hydrogen-bond acceptors (Lipinski definition) is 1. The molecule has 0 saturated heterocycles. The van der Waals surface area contributed by atoms with E-state index in [1.54, 1.807) is 0 Å². The Kier molecular flexibility index (Phi) is 5.37. The lowest BCUT2D eigenvalue weighted by atomic mass is 9.90. The van der Waals surface area contributed by atoms with E-state index >= 15 is 0 Å². The highest BCUT2D eigenvalue weighted by molar-refractivity contribution is 6.09. The Hall–Kier alpha value is -2.67. The Morgan fingerprint density at radius 1 is 0.654 bits per heavy atom. The summed E-state index contributed by atoms with van der Waals surface area (Å²) in [6, 6.07) is 20.6. The molecule has 3 rings (SSSR count). The average molecular weight is 342 g/mol. The highest BCUT2D eigenvalue weighted by Gasteiger charge is 2.13. The molecule has 26 heavy (non-hydrogen) atoms. The van der Waals surface area contributed by atoms with Crippen LogP contribution in [0.15, 0.2) is 60.7 Å². The minimum Gasteiger partial charge on any atom is -0.289 e. The molecule has 3 aromatic carbocycles. The van der Waals surface area contributed by atoms with Gasteiger partial charge < -0.3 is 0 Å². The average Bonchev–Trinajstić information content (AvgIpc) is 2.67. The molecule has 0 unspecified atom stereocenters. The molecule has 0 amide bonds. The van der Waals surface area contributed by atoms with Crippen LogP contribution in [0, 0.1) is 13.8 Å². The van der Waals surface area contributed by atoms with Crippen LogP contribution in [-0.2, 0) is 12.8 Å². The SMILES string of the molecule is CCc1cc(C)ccc1-c1ccc(C(=O)c2ccc(C)cc2)cc1CC. The zero-order valence-corrected chi connectivity index (χ0v) is 16.1. The molecule has 0 radical (unpaired) electrons. The smallest absolute Gasteiger partial charge is 0.193 e. The van der Waals surface area contributed by atoms with Crippen molar-refractivity contribution in [2.45, 2.75) is 40.5 Å². The van der Waals surface area contributed by atoms with Gasteiger partial charge in [-0.2, -0.15) is 0 Å². The molecule has 0 aliphatic rings. The Morgan fingerprint density at radius 3 is 1.77 bits per heavy atom. The molecule has 1 nitrogen and oxygen atoms in total. The number of aryl methyl sites for hydroxylation is 4. The summed E-state index contributed by atoms with van der Waals surface area (Å²) in [5.74, 6) is 0.0888. The van der Waals surface area contributed by atoms with Crippen LogP contribution in [0.25, 0.3) is 11.1 Å². The first-order valence-electron chi connectivity index (χ1n) is 9.37. The number of benzene rings is 3. The van der Waals surface area contributed by atoms with E-state index in [-0.39, 0.29) is 5.78 Å². The van der Waals surface area contributed by atoms with Gasteiger partial charge in [0.1, 0.15) is 0 Å². The van der Waals surface area contributed by atoms with Crippen molar-refractivity contribution in [2.24, 2.45) is 0 Å². The van der Waals surface area contributed by atoms with Crippen LogP contribution in [0.5, 0.6) is 0 Å². The highest BCUT2D eigenvalue weighted by Crippen LogP contribution is 2.30. The van der Waals surface area contributed by atoms with Crippen molar-refractivity contribution in [3.8, 4) is 11.1 Å². The van der Waals surface area contributed by atoms with Gasteiger partial charge in [0, 0.05) is 11.1 Å². The molecule has 0 N–H and O–H groups in total. The van der Waals surface area contributed by atoms with Crippen molar-refractivity contribution in [2.75, 3.05) is 0 Å². The van der Waals surface area contributed by atoms with Crippen LogP contribution in [-0.4, -0.2) is 5.78 Å². The number of hydrogen-bond donors (Lipinski definition) is 0. The van der Waals surface area contributed by atoms with Gasteiger partial charge in [0.25, 0.3) is 0 Å². The summed E-state index contributed by atoms with van der Waals surface area (Å²) in [7, 11) is 0. The third kappa shape index (κ3) is 3.62. The lowest BCUT2D eigenvalue weighted by molar-refractivity contribution is 0.103. The molecule has 0 aromatic heterocycles. The first kappa shape index (κ1) is 18.1. The molecular formula is C25H26O. The van der Waals surface area contributed by atoms with E-state index in [4.69, 9.17) is 0 Å². The maximum absolute atomic E-state index is 12.8. The van der Waals surface area contributed by atoms with Gasteiger partial charge in [0.15, 0.2) is 5.78 Å². The highest BCUT2D eigenvalue weighted by atomic mass is 16.1. The Balaban J connectivity index is 2.03. The molecule has 0 heterocycles. The summed E-state index contributed by atoms with van der Waals surface area (Å²) >= 11 is 0. The largest absolute Gasteiger partial charge is 0.289 e. The van der Waals surface area contributed by atoms with Crippen LogP contribution in [0.1, 0.15) is 52.0 Å². The lowest BCUT2D eigenvalue weighted by Gasteiger charge is -2.14. The van der Waals surface area contributed by atoms with Crippen molar-refractivity contribution in [3.05, 3.63) is 94.0 Å². The van der Waals surface area contributed by atoms with E-state index in [2.05, 4.69) is 51.1 Å². The summed E-state index contributed by atoms with van der Waals surface area (Å²) in [6.07, 6.45) is 1.91. The number of ketones is 1. The third-order valence-corrected chi connectivity index (χ3v) is 4.99. The molecular weight excluding hydrogens is 316 g/mol. The number of rotatable bonds is 5. The minimum atomic E-state index is 0.0888. The molecule has 0 saturated carbocycles. The first-order chi connectivity index (χ1) is 12.5. The Bertz CT molecular complexity index is 933. The van der Waals surface area contributed by atoms with E-state index < -0.39 is 0 Å². The minimum absolute atomic E-state index is 0.0888. The summed E-state index contributed by atoms with van der Waals surface area (Å²) in [5, 5.41) is 0. The second-order valence-electron chi connectivity index (χ2n) is 6.93. The van der Waals surface area contributed by atoms with Gasteiger partial charge in [0.2, 0.25) is 0 Å². The van der Waals surface area contributed by atoms with E-state index in [1.165, 1.54) is 27.8 Å². The van der Waals surface area contributed by atoms with Crippen molar-refractivity contribution < 1.29 is 4.79 Å². The second kappa shape index (κ2) is 7.70. The summed E-state index contributed by atoms with van der Waals surface area (Å²) in [4.78, 5) is 12.8. The standard InChI is InChI=1S/C25H26O/c1-5-19-15-18(4)9-13-23(19)24-14-12-22(16-20(24)6-2)25(26)21-10-7-17(3)8-11-21/h7-16H,5-6H2,1-4H3. The lowest BCUT2D eigenvalue weighted by Crippen LogP contribution is -2.03. The van der Waals surface area contributed by atoms with Crippen LogP contribution < -0.4 is 0 Å². The molecule has 1 heteroatoms.